The van der Waals surface area contributed by atoms with Gasteiger partial charge in [0.15, 0.2) is 0 Å². The van der Waals surface area contributed by atoms with Crippen molar-refractivity contribution < 1.29 is 18.7 Å². The Morgan fingerprint density at radius 2 is 1.91 bits per heavy atom. The first-order chi connectivity index (χ1) is 10.9. The second kappa shape index (κ2) is 5.59. The molecule has 3 rings (SSSR count). The zero-order chi connectivity index (χ0) is 16.7. The van der Waals surface area contributed by atoms with E-state index in [0.29, 0.717) is 11.1 Å². The van der Waals surface area contributed by atoms with Crippen LogP contribution in [0.5, 0.6) is 0 Å². The molecule has 3 aromatic rings. The lowest BCUT2D eigenvalue weighted by molar-refractivity contribution is 0.0699. The van der Waals surface area contributed by atoms with Gasteiger partial charge in [0.05, 0.1) is 21.8 Å². The van der Waals surface area contributed by atoms with Crippen LogP contribution in [0.1, 0.15) is 15.9 Å². The number of rotatable bonds is 2. The number of hydrogen-bond donors (Lipinski definition) is 1. The van der Waals surface area contributed by atoms with E-state index in [1.165, 1.54) is 6.07 Å². The van der Waals surface area contributed by atoms with Crippen molar-refractivity contribution in [2.75, 3.05) is 0 Å². The molecule has 0 radical (unpaired) electrons. The normalized spacial score (nSPS) is 11.0. The number of aromatic carboxylic acids is 1. The highest BCUT2D eigenvalue weighted by atomic mass is 35.5. The minimum Gasteiger partial charge on any atom is -0.478 e. The number of aromatic nitrogens is 1. The van der Waals surface area contributed by atoms with Crippen molar-refractivity contribution in [2.24, 2.45) is 0 Å². The number of nitrogens with zero attached hydrogens (tertiary/aromatic N) is 1. The van der Waals surface area contributed by atoms with Crippen LogP contribution in [0.4, 0.5) is 8.78 Å². The molecule has 116 valence electrons. The number of hydrogen-bond acceptors (Lipinski definition) is 2. The van der Waals surface area contributed by atoms with Crippen LogP contribution >= 0.6 is 11.6 Å². The summed E-state index contributed by atoms with van der Waals surface area (Å²) in [6, 6.07) is 7.41. The van der Waals surface area contributed by atoms with Crippen molar-refractivity contribution in [3.63, 3.8) is 0 Å². The van der Waals surface area contributed by atoms with Crippen LogP contribution in [-0.4, -0.2) is 16.1 Å². The summed E-state index contributed by atoms with van der Waals surface area (Å²) < 4.78 is 27.4. The number of fused-ring (bicyclic) bond motifs is 1. The third-order valence-electron chi connectivity index (χ3n) is 3.55. The zero-order valence-corrected chi connectivity index (χ0v) is 12.7. The molecule has 0 saturated carbocycles. The van der Waals surface area contributed by atoms with E-state index in [2.05, 4.69) is 4.98 Å². The summed E-state index contributed by atoms with van der Waals surface area (Å²) in [5.41, 5.74) is 0.857. The summed E-state index contributed by atoms with van der Waals surface area (Å²) in [5, 5.41) is 9.95. The van der Waals surface area contributed by atoms with Gasteiger partial charge >= 0.3 is 5.97 Å². The van der Waals surface area contributed by atoms with Gasteiger partial charge < -0.3 is 5.11 Å². The quantitative estimate of drug-likeness (QED) is 0.730. The van der Waals surface area contributed by atoms with E-state index in [1.807, 2.05) is 0 Å². The maximum absolute atomic E-state index is 14.0. The number of carboxylic acids is 1. The summed E-state index contributed by atoms with van der Waals surface area (Å²) in [6.45, 7) is 1.74. The van der Waals surface area contributed by atoms with E-state index in [4.69, 9.17) is 11.6 Å². The maximum atomic E-state index is 14.0. The fourth-order valence-electron chi connectivity index (χ4n) is 2.43. The molecule has 0 aliphatic rings. The van der Waals surface area contributed by atoms with Gasteiger partial charge in [0, 0.05) is 10.9 Å². The predicted molar refractivity (Wildman–Crippen MR) is 83.8 cm³/mol. The lowest BCUT2D eigenvalue weighted by Crippen LogP contribution is -2.02. The molecule has 0 saturated heterocycles. The van der Waals surface area contributed by atoms with Crippen LogP contribution in [0.2, 0.25) is 5.02 Å². The van der Waals surface area contributed by atoms with Gasteiger partial charge in [0.25, 0.3) is 0 Å². The van der Waals surface area contributed by atoms with Gasteiger partial charge in [-0.05, 0) is 42.8 Å². The molecule has 2 aromatic carbocycles. The highest BCUT2D eigenvalue weighted by Crippen LogP contribution is 2.32. The molecule has 0 bridgehead atoms. The molecule has 0 atom stereocenters. The predicted octanol–water partition coefficient (Wildman–Crippen LogP) is 4.84. The van der Waals surface area contributed by atoms with Crippen molar-refractivity contribution in [3.8, 4) is 11.3 Å². The first kappa shape index (κ1) is 15.4. The standard InChI is InChI=1S/C17H10ClF2NO2/c1-8-2-4-12(18)15-11(17(22)23)7-14(21-16(8)15)10-6-9(19)3-5-13(10)20/h2-7H,1H3,(H,22,23). The fourth-order valence-corrected chi connectivity index (χ4v) is 2.69. The lowest BCUT2D eigenvalue weighted by atomic mass is 10.0. The first-order valence-corrected chi connectivity index (χ1v) is 7.05. The Bertz CT molecular complexity index is 957. The molecule has 3 nitrogen and oxygen atoms in total. The summed E-state index contributed by atoms with van der Waals surface area (Å²) in [7, 11) is 0. The van der Waals surface area contributed by atoms with E-state index < -0.39 is 17.6 Å². The van der Waals surface area contributed by atoms with Crippen LogP contribution in [0.25, 0.3) is 22.2 Å². The second-order valence-electron chi connectivity index (χ2n) is 5.07. The highest BCUT2D eigenvalue weighted by molar-refractivity contribution is 6.36. The Morgan fingerprint density at radius 3 is 2.61 bits per heavy atom. The molecular weight excluding hydrogens is 324 g/mol. The van der Waals surface area contributed by atoms with Crippen molar-refractivity contribution in [1.29, 1.82) is 0 Å². The molecule has 1 N–H and O–H groups in total. The van der Waals surface area contributed by atoms with E-state index >= 15 is 0 Å². The topological polar surface area (TPSA) is 50.2 Å². The second-order valence-corrected chi connectivity index (χ2v) is 5.48. The molecule has 0 fully saturated rings. The van der Waals surface area contributed by atoms with E-state index in [9.17, 15) is 18.7 Å². The van der Waals surface area contributed by atoms with Crippen LogP contribution in [0.15, 0.2) is 36.4 Å². The van der Waals surface area contributed by atoms with Crippen LogP contribution in [0, 0.1) is 18.6 Å². The van der Waals surface area contributed by atoms with Crippen molar-refractivity contribution in [2.45, 2.75) is 6.92 Å². The molecule has 0 aliphatic carbocycles. The number of carboxylic acid groups (broad SMARTS) is 1. The molecule has 1 aromatic heterocycles. The van der Waals surface area contributed by atoms with E-state index in [-0.39, 0.29) is 27.2 Å². The molecule has 0 aliphatic heterocycles. The number of halogens is 3. The molecule has 6 heteroatoms. The number of carbonyl (C=O) groups is 1. The third kappa shape index (κ3) is 2.64. The van der Waals surface area contributed by atoms with Crippen LogP contribution in [-0.2, 0) is 0 Å². The summed E-state index contributed by atoms with van der Waals surface area (Å²) in [4.78, 5) is 15.9. The van der Waals surface area contributed by atoms with Gasteiger partial charge in [0.2, 0.25) is 0 Å². The highest BCUT2D eigenvalue weighted by Gasteiger charge is 2.18. The van der Waals surface area contributed by atoms with E-state index in [0.717, 1.165) is 18.2 Å². The Morgan fingerprint density at radius 1 is 1.17 bits per heavy atom. The average Bonchev–Trinajstić information content (AvgIpc) is 2.52. The summed E-state index contributed by atoms with van der Waals surface area (Å²) >= 11 is 6.10. The molecule has 23 heavy (non-hydrogen) atoms. The van der Waals surface area contributed by atoms with Gasteiger partial charge in [-0.15, -0.1) is 0 Å². The Hall–Kier alpha value is -2.53. The summed E-state index contributed by atoms with van der Waals surface area (Å²) in [5.74, 6) is -2.54. The maximum Gasteiger partial charge on any atom is 0.336 e. The lowest BCUT2D eigenvalue weighted by Gasteiger charge is -2.11. The van der Waals surface area contributed by atoms with Crippen molar-refractivity contribution >= 4 is 28.5 Å². The van der Waals surface area contributed by atoms with Gasteiger partial charge in [-0.2, -0.15) is 0 Å². The fraction of sp³-hybridized carbons (Fsp3) is 0.0588. The smallest absolute Gasteiger partial charge is 0.336 e. The Labute approximate surface area is 135 Å². The van der Waals surface area contributed by atoms with Gasteiger partial charge in [-0.1, -0.05) is 17.7 Å². The summed E-state index contributed by atoms with van der Waals surface area (Å²) in [6.07, 6.45) is 0. The SMILES string of the molecule is Cc1ccc(Cl)c2c(C(=O)O)cc(-c3cc(F)ccc3F)nc12. The minimum atomic E-state index is -1.22. The van der Waals surface area contributed by atoms with Crippen LogP contribution < -0.4 is 0 Å². The molecule has 0 unspecified atom stereocenters. The first-order valence-electron chi connectivity index (χ1n) is 6.67. The van der Waals surface area contributed by atoms with Gasteiger partial charge in [-0.3, -0.25) is 0 Å². The molecule has 0 amide bonds. The largest absolute Gasteiger partial charge is 0.478 e. The number of pyridine rings is 1. The molecular formula is C17H10ClF2NO2. The van der Waals surface area contributed by atoms with Crippen molar-refractivity contribution in [3.05, 3.63) is 64.2 Å². The van der Waals surface area contributed by atoms with Gasteiger partial charge in [0.1, 0.15) is 11.6 Å². The van der Waals surface area contributed by atoms with Gasteiger partial charge in [-0.25, -0.2) is 18.6 Å². The van der Waals surface area contributed by atoms with E-state index in [1.54, 1.807) is 19.1 Å². The van der Waals surface area contributed by atoms with Crippen LogP contribution in [0.3, 0.4) is 0 Å². The Kier molecular flexibility index (Phi) is 3.74. The number of benzene rings is 2. The Balaban J connectivity index is 2.42. The third-order valence-corrected chi connectivity index (χ3v) is 3.86. The number of aryl methyl sites for hydroxylation is 1. The molecule has 1 heterocycles. The molecule has 0 spiro atoms. The minimum absolute atomic E-state index is 0.0391. The monoisotopic (exact) mass is 333 g/mol. The van der Waals surface area contributed by atoms with Crippen molar-refractivity contribution in [1.82, 2.24) is 4.98 Å². The zero-order valence-electron chi connectivity index (χ0n) is 11.9. The average molecular weight is 334 g/mol.